The molecule has 0 bridgehead atoms. The van der Waals surface area contributed by atoms with Gasteiger partial charge in [0.15, 0.2) is 12.2 Å². The van der Waals surface area contributed by atoms with Gasteiger partial charge in [-0.2, -0.15) is 5.10 Å². The van der Waals surface area contributed by atoms with Crippen molar-refractivity contribution >= 4 is 22.8 Å². The number of nitrogens with one attached hydrogen (secondary N) is 1. The molecule has 5 nitrogen and oxygen atoms in total. The minimum atomic E-state index is 0.744. The van der Waals surface area contributed by atoms with Gasteiger partial charge in [0.25, 0.3) is 0 Å². The maximum absolute atomic E-state index is 5.27. The van der Waals surface area contributed by atoms with Crippen molar-refractivity contribution in [3.63, 3.8) is 0 Å². The summed E-state index contributed by atoms with van der Waals surface area (Å²) < 4.78 is 5.27. The van der Waals surface area contributed by atoms with Gasteiger partial charge >= 0.3 is 0 Å². The van der Waals surface area contributed by atoms with Crippen LogP contribution in [0.1, 0.15) is 5.56 Å². The van der Waals surface area contributed by atoms with E-state index in [0.29, 0.717) is 0 Å². The van der Waals surface area contributed by atoms with Gasteiger partial charge in [-0.3, -0.25) is 10.4 Å². The van der Waals surface area contributed by atoms with Crippen molar-refractivity contribution in [2.45, 2.75) is 0 Å². The van der Waals surface area contributed by atoms with Crippen molar-refractivity contribution in [1.82, 2.24) is 9.97 Å². The lowest BCUT2D eigenvalue weighted by atomic mass is 10.1. The van der Waals surface area contributed by atoms with E-state index in [-0.39, 0.29) is 0 Å². The predicted molar refractivity (Wildman–Crippen MR) is 94.9 cm³/mol. The quantitative estimate of drug-likeness (QED) is 0.449. The highest BCUT2D eigenvalue weighted by Crippen LogP contribution is 2.20. The molecule has 2 aromatic carbocycles. The second kappa shape index (κ2) is 6.34. The lowest BCUT2D eigenvalue weighted by Crippen LogP contribution is -1.92. The predicted octanol–water partition coefficient (Wildman–Crippen LogP) is 4.34. The van der Waals surface area contributed by atoms with Crippen LogP contribution in [0.3, 0.4) is 0 Å². The highest BCUT2D eigenvalue weighted by Gasteiger charge is 2.01. The van der Waals surface area contributed by atoms with Crippen LogP contribution in [0.15, 0.2) is 82.9 Å². The van der Waals surface area contributed by atoms with E-state index in [4.69, 9.17) is 4.42 Å². The van der Waals surface area contributed by atoms with Crippen LogP contribution in [0.4, 0.5) is 5.69 Å². The van der Waals surface area contributed by atoms with Crippen LogP contribution in [-0.2, 0) is 0 Å². The summed E-state index contributed by atoms with van der Waals surface area (Å²) in [5.41, 5.74) is 6.88. The van der Waals surface area contributed by atoms with Gasteiger partial charge in [-0.1, -0.05) is 18.2 Å². The largest absolute Gasteiger partial charge is 0.444 e. The third-order valence-electron chi connectivity index (χ3n) is 3.68. The molecule has 4 aromatic rings. The van der Waals surface area contributed by atoms with Crippen molar-refractivity contribution in [1.29, 1.82) is 0 Å². The molecule has 2 aromatic heterocycles. The molecule has 0 spiro atoms. The number of rotatable bonds is 4. The second-order valence-corrected chi connectivity index (χ2v) is 5.23. The van der Waals surface area contributed by atoms with Crippen LogP contribution in [-0.4, -0.2) is 16.2 Å². The van der Waals surface area contributed by atoms with Gasteiger partial charge in [0, 0.05) is 22.7 Å². The third-order valence-corrected chi connectivity index (χ3v) is 3.68. The molecular formula is C19H14N4O. The first-order chi connectivity index (χ1) is 11.9. The van der Waals surface area contributed by atoms with Gasteiger partial charge in [0.1, 0.15) is 0 Å². The molecule has 0 aliphatic heterocycles. The zero-order chi connectivity index (χ0) is 16.2. The standard InChI is InChI=1S/C19H14N4O/c1-2-4-18-17(3-1)15(9-10-21-18)11-22-23-16-7-5-14(6-8-16)19-12-20-13-24-19/h1-13,23H. The first-order valence-electron chi connectivity index (χ1n) is 7.52. The molecule has 0 atom stereocenters. The Morgan fingerprint density at radius 1 is 1.00 bits per heavy atom. The molecular weight excluding hydrogens is 300 g/mol. The number of para-hydroxylation sites is 1. The van der Waals surface area contributed by atoms with Crippen molar-refractivity contribution in [2.24, 2.45) is 5.10 Å². The van der Waals surface area contributed by atoms with Crippen molar-refractivity contribution in [3.05, 3.63) is 78.9 Å². The normalized spacial score (nSPS) is 11.2. The van der Waals surface area contributed by atoms with Crippen LogP contribution < -0.4 is 5.43 Å². The second-order valence-electron chi connectivity index (χ2n) is 5.23. The van der Waals surface area contributed by atoms with Crippen LogP contribution >= 0.6 is 0 Å². The van der Waals surface area contributed by atoms with Crippen LogP contribution in [0, 0.1) is 0 Å². The van der Waals surface area contributed by atoms with Crippen LogP contribution in [0.2, 0.25) is 0 Å². The number of pyridine rings is 1. The summed E-state index contributed by atoms with van der Waals surface area (Å²) in [5.74, 6) is 0.744. The monoisotopic (exact) mass is 314 g/mol. The number of hydrazone groups is 1. The summed E-state index contributed by atoms with van der Waals surface area (Å²) >= 11 is 0. The Balaban J connectivity index is 1.51. The van der Waals surface area contributed by atoms with Crippen molar-refractivity contribution in [3.8, 4) is 11.3 Å². The lowest BCUT2D eigenvalue weighted by molar-refractivity contribution is 0.572. The van der Waals surface area contributed by atoms with Gasteiger partial charge in [0.2, 0.25) is 0 Å². The molecule has 24 heavy (non-hydrogen) atoms. The highest BCUT2D eigenvalue weighted by atomic mass is 16.3. The first kappa shape index (κ1) is 14.1. The summed E-state index contributed by atoms with van der Waals surface area (Å²) in [6, 6.07) is 17.8. The molecule has 116 valence electrons. The van der Waals surface area contributed by atoms with Gasteiger partial charge in [0.05, 0.1) is 23.6 Å². The van der Waals surface area contributed by atoms with E-state index < -0.39 is 0 Å². The Morgan fingerprint density at radius 3 is 2.71 bits per heavy atom. The van der Waals surface area contributed by atoms with Crippen LogP contribution in [0.25, 0.3) is 22.2 Å². The molecule has 0 aliphatic rings. The molecule has 0 fully saturated rings. The minimum absolute atomic E-state index is 0.744. The summed E-state index contributed by atoms with van der Waals surface area (Å²) in [6.45, 7) is 0. The average molecular weight is 314 g/mol. The van der Waals surface area contributed by atoms with E-state index in [1.807, 2.05) is 54.6 Å². The number of benzene rings is 2. The molecule has 0 radical (unpaired) electrons. The molecule has 0 aliphatic carbocycles. The number of nitrogens with zero attached hydrogens (tertiary/aromatic N) is 3. The lowest BCUT2D eigenvalue weighted by Gasteiger charge is -2.03. The van der Waals surface area contributed by atoms with E-state index >= 15 is 0 Å². The zero-order valence-electron chi connectivity index (χ0n) is 12.8. The van der Waals surface area contributed by atoms with E-state index in [1.54, 1.807) is 18.6 Å². The topological polar surface area (TPSA) is 63.3 Å². The maximum Gasteiger partial charge on any atom is 0.181 e. The Morgan fingerprint density at radius 2 is 1.88 bits per heavy atom. The first-order valence-corrected chi connectivity index (χ1v) is 7.52. The molecule has 2 heterocycles. The number of fused-ring (bicyclic) bond motifs is 1. The minimum Gasteiger partial charge on any atom is -0.444 e. The molecule has 0 amide bonds. The van der Waals surface area contributed by atoms with E-state index in [0.717, 1.165) is 33.5 Å². The molecule has 5 heteroatoms. The van der Waals surface area contributed by atoms with E-state index in [1.165, 1.54) is 6.39 Å². The maximum atomic E-state index is 5.27. The van der Waals surface area contributed by atoms with E-state index in [2.05, 4.69) is 20.5 Å². The summed E-state index contributed by atoms with van der Waals surface area (Å²) in [4.78, 5) is 8.26. The average Bonchev–Trinajstić information content (AvgIpc) is 3.17. The molecule has 0 saturated heterocycles. The Hall–Kier alpha value is -3.47. The summed E-state index contributed by atoms with van der Waals surface area (Å²) in [5, 5.41) is 5.39. The fraction of sp³-hybridized carbons (Fsp3) is 0. The number of oxazole rings is 1. The van der Waals surface area contributed by atoms with Crippen molar-refractivity contribution < 1.29 is 4.42 Å². The fourth-order valence-electron chi connectivity index (χ4n) is 2.47. The Labute approximate surface area is 138 Å². The van der Waals surface area contributed by atoms with Gasteiger partial charge in [-0.25, -0.2) is 4.98 Å². The smallest absolute Gasteiger partial charge is 0.181 e. The highest BCUT2D eigenvalue weighted by molar-refractivity contribution is 5.98. The molecule has 0 saturated carbocycles. The van der Waals surface area contributed by atoms with E-state index in [9.17, 15) is 0 Å². The fourth-order valence-corrected chi connectivity index (χ4v) is 2.47. The number of anilines is 1. The number of hydrogen-bond acceptors (Lipinski definition) is 5. The number of hydrogen-bond donors (Lipinski definition) is 1. The Bertz CT molecular complexity index is 971. The van der Waals surface area contributed by atoms with Gasteiger partial charge in [-0.15, -0.1) is 0 Å². The van der Waals surface area contributed by atoms with Crippen LogP contribution in [0.5, 0.6) is 0 Å². The Kier molecular flexibility index (Phi) is 3.73. The summed E-state index contributed by atoms with van der Waals surface area (Å²) in [7, 11) is 0. The van der Waals surface area contributed by atoms with Gasteiger partial charge < -0.3 is 4.42 Å². The molecule has 0 unspecified atom stereocenters. The third kappa shape index (κ3) is 2.87. The summed E-state index contributed by atoms with van der Waals surface area (Å²) in [6.07, 6.45) is 6.70. The number of aromatic nitrogens is 2. The zero-order valence-corrected chi connectivity index (χ0v) is 12.8. The van der Waals surface area contributed by atoms with Gasteiger partial charge in [-0.05, 0) is 36.4 Å². The SMILES string of the molecule is C(=NNc1ccc(-c2cnco2)cc1)c1ccnc2ccccc12. The van der Waals surface area contributed by atoms with Crippen molar-refractivity contribution in [2.75, 3.05) is 5.43 Å². The molecule has 4 rings (SSSR count). The molecule has 1 N–H and O–H groups in total.